The van der Waals surface area contributed by atoms with Crippen LogP contribution in [0.25, 0.3) is 0 Å². The van der Waals surface area contributed by atoms with E-state index in [-0.39, 0.29) is 18.9 Å². The first-order chi connectivity index (χ1) is 5.81. The van der Waals surface area contributed by atoms with Crippen LogP contribution in [-0.4, -0.2) is 18.5 Å². The molecule has 0 aliphatic carbocycles. The molecule has 86 valence electrons. The van der Waals surface area contributed by atoms with Gasteiger partial charge in [-0.3, -0.25) is 4.79 Å². The molecule has 0 saturated carbocycles. The Labute approximate surface area is 89.0 Å². The minimum absolute atomic E-state index is 0. The maximum Gasteiger partial charge on any atom is 0.135 e. The van der Waals surface area contributed by atoms with Gasteiger partial charge in [-0.2, -0.15) is 0 Å². The summed E-state index contributed by atoms with van der Waals surface area (Å²) in [6.45, 7) is 10.8. The smallest absolute Gasteiger partial charge is 0.135 e. The summed E-state index contributed by atoms with van der Waals surface area (Å²) >= 11 is 0. The van der Waals surface area contributed by atoms with Gasteiger partial charge in [-0.05, 0) is 19.3 Å². The lowest BCUT2D eigenvalue weighted by Crippen LogP contribution is -2.15. The quantitative estimate of drug-likeness (QED) is 0.682. The normalized spacial score (nSPS) is 11.3. The average Bonchev–Trinajstić information content (AvgIpc) is 1.81. The van der Waals surface area contributed by atoms with Crippen LogP contribution in [0.3, 0.4) is 0 Å². The highest BCUT2D eigenvalue weighted by Crippen LogP contribution is 2.19. The third kappa shape index (κ3) is 11.6. The molecule has 0 heterocycles. The molecule has 0 bridgehead atoms. The van der Waals surface area contributed by atoms with Crippen LogP contribution in [0.5, 0.6) is 0 Å². The van der Waals surface area contributed by atoms with Crippen molar-refractivity contribution in [2.75, 3.05) is 6.61 Å². The second-order valence-electron chi connectivity index (χ2n) is 4.95. The Bertz CT molecular complexity index is 154. The molecule has 0 spiro atoms. The summed E-state index contributed by atoms with van der Waals surface area (Å²) in [5.74, 6) is 0.299. The molecule has 0 unspecified atom stereocenters. The van der Waals surface area contributed by atoms with E-state index in [4.69, 9.17) is 4.74 Å². The Morgan fingerprint density at radius 2 is 1.79 bits per heavy atom. The Kier molecular flexibility index (Phi) is 8.03. The first kappa shape index (κ1) is 16.1. The zero-order valence-electron chi connectivity index (χ0n) is 9.52. The molecule has 0 fully saturated rings. The summed E-state index contributed by atoms with van der Waals surface area (Å²) in [5, 5.41) is 0. The van der Waals surface area contributed by atoms with Crippen molar-refractivity contribution < 1.29 is 9.53 Å². The third-order valence-electron chi connectivity index (χ3n) is 1.56. The van der Waals surface area contributed by atoms with Gasteiger partial charge in [0.05, 0.1) is 12.7 Å². The van der Waals surface area contributed by atoms with Crippen molar-refractivity contribution in [1.29, 1.82) is 0 Å². The highest BCUT2D eigenvalue weighted by atomic mass is 16.5. The maximum absolute atomic E-state index is 11.4. The first-order valence-electron chi connectivity index (χ1n) is 4.94. The lowest BCUT2D eigenvalue weighted by Gasteiger charge is -2.16. The fourth-order valence-corrected chi connectivity index (χ4v) is 1.09. The summed E-state index contributed by atoms with van der Waals surface area (Å²) in [7, 11) is 0. The summed E-state index contributed by atoms with van der Waals surface area (Å²) in [4.78, 5) is 11.4. The second kappa shape index (κ2) is 6.99. The van der Waals surface area contributed by atoms with E-state index in [9.17, 15) is 4.79 Å². The van der Waals surface area contributed by atoms with E-state index in [2.05, 4.69) is 20.8 Å². The fraction of sp³-hybridized carbons (Fsp3) is 0.917. The number of rotatable bonds is 5. The minimum Gasteiger partial charge on any atom is -0.378 e. The van der Waals surface area contributed by atoms with Gasteiger partial charge in [-0.25, -0.2) is 0 Å². The number of Topliss-reactive ketones (excluding diaryl/α,β-unsaturated/α-hetero) is 1. The van der Waals surface area contributed by atoms with Crippen LogP contribution in [-0.2, 0) is 9.53 Å². The van der Waals surface area contributed by atoms with Gasteiger partial charge in [0.2, 0.25) is 0 Å². The highest BCUT2D eigenvalue weighted by Gasteiger charge is 2.15. The summed E-state index contributed by atoms with van der Waals surface area (Å²) < 4.78 is 5.31. The van der Waals surface area contributed by atoms with Gasteiger partial charge < -0.3 is 4.74 Å². The molecule has 0 aromatic carbocycles. The Morgan fingerprint density at radius 3 is 2.14 bits per heavy atom. The Balaban J connectivity index is 0. The van der Waals surface area contributed by atoms with Crippen molar-refractivity contribution in [3.05, 3.63) is 0 Å². The number of carbonyl (C=O) groups is 1. The van der Waals surface area contributed by atoms with E-state index >= 15 is 0 Å². The van der Waals surface area contributed by atoms with Crippen molar-refractivity contribution >= 4 is 5.78 Å². The van der Waals surface area contributed by atoms with Crippen molar-refractivity contribution in [2.45, 2.75) is 61.0 Å². The SMILES string of the molecule is C.CC(C)OCCC(=O)CC(C)(C)C. The van der Waals surface area contributed by atoms with Gasteiger partial charge in [0.1, 0.15) is 5.78 Å². The number of ketones is 1. The van der Waals surface area contributed by atoms with Crippen LogP contribution < -0.4 is 0 Å². The molecule has 0 atom stereocenters. The first-order valence-corrected chi connectivity index (χ1v) is 4.94. The van der Waals surface area contributed by atoms with Crippen molar-refractivity contribution in [2.24, 2.45) is 5.41 Å². The van der Waals surface area contributed by atoms with Crippen LogP contribution in [0.4, 0.5) is 0 Å². The predicted octanol–water partition coefficient (Wildman–Crippen LogP) is 3.44. The molecule has 0 rings (SSSR count). The van der Waals surface area contributed by atoms with E-state index in [0.717, 1.165) is 0 Å². The molecule has 0 aromatic rings. The number of hydrogen-bond acceptors (Lipinski definition) is 2. The van der Waals surface area contributed by atoms with Gasteiger partial charge in [0.25, 0.3) is 0 Å². The number of hydrogen-bond donors (Lipinski definition) is 0. The van der Waals surface area contributed by atoms with Gasteiger partial charge in [-0.15, -0.1) is 0 Å². The predicted molar refractivity (Wildman–Crippen MR) is 61.5 cm³/mol. The largest absolute Gasteiger partial charge is 0.378 e. The van der Waals surface area contributed by atoms with Gasteiger partial charge in [0.15, 0.2) is 0 Å². The molecule has 2 heteroatoms. The van der Waals surface area contributed by atoms with E-state index in [0.29, 0.717) is 25.2 Å². The minimum atomic E-state index is 0. The van der Waals surface area contributed by atoms with Gasteiger partial charge in [0, 0.05) is 12.8 Å². The maximum atomic E-state index is 11.4. The van der Waals surface area contributed by atoms with E-state index < -0.39 is 0 Å². The Hall–Kier alpha value is -0.370. The van der Waals surface area contributed by atoms with Crippen molar-refractivity contribution in [3.63, 3.8) is 0 Å². The van der Waals surface area contributed by atoms with Crippen LogP contribution in [0.2, 0.25) is 0 Å². The molecule has 0 amide bonds. The number of ether oxygens (including phenoxy) is 1. The summed E-state index contributed by atoms with van der Waals surface area (Å²) in [6.07, 6.45) is 1.42. The standard InChI is InChI=1S/C11H22O2.CH4/c1-9(2)13-7-6-10(12)8-11(3,4)5;/h9H,6-8H2,1-5H3;1H4. The van der Waals surface area contributed by atoms with Crippen LogP contribution in [0, 0.1) is 5.41 Å². The topological polar surface area (TPSA) is 26.3 Å². The lowest BCUT2D eigenvalue weighted by atomic mass is 9.89. The van der Waals surface area contributed by atoms with Crippen LogP contribution in [0.15, 0.2) is 0 Å². The molecular weight excluding hydrogens is 176 g/mol. The molecule has 14 heavy (non-hydrogen) atoms. The van der Waals surface area contributed by atoms with E-state index in [1.54, 1.807) is 0 Å². The van der Waals surface area contributed by atoms with Crippen molar-refractivity contribution in [3.8, 4) is 0 Å². The van der Waals surface area contributed by atoms with Gasteiger partial charge in [-0.1, -0.05) is 28.2 Å². The molecule has 0 N–H and O–H groups in total. The third-order valence-corrected chi connectivity index (χ3v) is 1.56. The highest BCUT2D eigenvalue weighted by molar-refractivity contribution is 5.79. The second-order valence-corrected chi connectivity index (χ2v) is 4.95. The molecule has 0 aromatic heterocycles. The number of carbonyl (C=O) groups excluding carboxylic acids is 1. The molecule has 0 radical (unpaired) electrons. The van der Waals surface area contributed by atoms with Crippen LogP contribution in [0.1, 0.15) is 54.9 Å². The monoisotopic (exact) mass is 202 g/mol. The Morgan fingerprint density at radius 1 is 1.29 bits per heavy atom. The average molecular weight is 202 g/mol. The summed E-state index contributed by atoms with van der Waals surface area (Å²) in [6, 6.07) is 0. The molecule has 0 saturated heterocycles. The van der Waals surface area contributed by atoms with Crippen LogP contribution >= 0.6 is 0 Å². The zero-order chi connectivity index (χ0) is 10.5. The fourth-order valence-electron chi connectivity index (χ4n) is 1.09. The zero-order valence-corrected chi connectivity index (χ0v) is 9.52. The van der Waals surface area contributed by atoms with Gasteiger partial charge >= 0.3 is 0 Å². The lowest BCUT2D eigenvalue weighted by molar-refractivity contribution is -0.122. The molecule has 0 aliphatic heterocycles. The van der Waals surface area contributed by atoms with E-state index in [1.165, 1.54) is 0 Å². The molecule has 2 nitrogen and oxygen atoms in total. The summed E-state index contributed by atoms with van der Waals surface area (Å²) in [5.41, 5.74) is 0.106. The van der Waals surface area contributed by atoms with Crippen molar-refractivity contribution in [1.82, 2.24) is 0 Å². The molecular formula is C12H26O2. The van der Waals surface area contributed by atoms with E-state index in [1.807, 2.05) is 13.8 Å². The molecule has 0 aliphatic rings.